The van der Waals surface area contributed by atoms with Gasteiger partial charge in [-0.25, -0.2) is 9.32 Å². The zero-order chi connectivity index (χ0) is 11.5. The van der Waals surface area contributed by atoms with Crippen molar-refractivity contribution in [3.05, 3.63) is 35.9 Å². The summed E-state index contributed by atoms with van der Waals surface area (Å²) in [6, 6.07) is 8.26. The van der Waals surface area contributed by atoms with Gasteiger partial charge in [0.2, 0.25) is 0 Å². The molecule has 84 valence electrons. The molecule has 0 saturated carbocycles. The molecular formula is C9H12LiNO4S. The maximum absolute atomic E-state index is 11.6. The van der Waals surface area contributed by atoms with Gasteiger partial charge in [-0.3, -0.25) is 4.79 Å². The smallest absolute Gasteiger partial charge is 1.00 e. The summed E-state index contributed by atoms with van der Waals surface area (Å²) < 4.78 is 25.5. The number of benzene rings is 1. The van der Waals surface area contributed by atoms with Crippen molar-refractivity contribution in [2.75, 3.05) is 0 Å². The Kier molecular flexibility index (Phi) is 5.93. The summed E-state index contributed by atoms with van der Waals surface area (Å²) in [5.74, 6) is -0.426. The maximum atomic E-state index is 11.6. The summed E-state index contributed by atoms with van der Waals surface area (Å²) in [5.41, 5.74) is 0.383. The minimum atomic E-state index is -4.10. The molecule has 0 aliphatic heterocycles. The van der Waals surface area contributed by atoms with Crippen LogP contribution in [0.15, 0.2) is 30.3 Å². The molecule has 5 nitrogen and oxygen atoms in total. The van der Waals surface area contributed by atoms with Gasteiger partial charge in [0, 0.05) is 5.56 Å². The fraction of sp³-hybridized carbons (Fsp3) is 0.222. The topological polar surface area (TPSA) is 86.5 Å². The summed E-state index contributed by atoms with van der Waals surface area (Å²) in [5, 5.41) is 4.65. The van der Waals surface area contributed by atoms with Crippen molar-refractivity contribution < 1.29 is 37.7 Å². The van der Waals surface area contributed by atoms with E-state index < -0.39 is 22.2 Å². The SMILES string of the molecule is CC(OS(N)(=O)=O)C(=O)c1ccccc1.[H-].[Li+]. The molecule has 0 bridgehead atoms. The van der Waals surface area contributed by atoms with Crippen molar-refractivity contribution >= 4 is 16.1 Å². The molecular weight excluding hydrogens is 225 g/mol. The second kappa shape index (κ2) is 6.18. The van der Waals surface area contributed by atoms with Crippen LogP contribution in [0.25, 0.3) is 0 Å². The van der Waals surface area contributed by atoms with Crippen LogP contribution in [-0.4, -0.2) is 20.3 Å². The number of nitrogens with two attached hydrogens (primary N) is 1. The van der Waals surface area contributed by atoms with Crippen molar-refractivity contribution in [2.45, 2.75) is 13.0 Å². The molecule has 0 heterocycles. The van der Waals surface area contributed by atoms with Crippen LogP contribution in [0.3, 0.4) is 0 Å². The van der Waals surface area contributed by atoms with E-state index in [0.29, 0.717) is 5.56 Å². The van der Waals surface area contributed by atoms with Crippen molar-refractivity contribution in [2.24, 2.45) is 5.14 Å². The van der Waals surface area contributed by atoms with Crippen molar-refractivity contribution in [3.63, 3.8) is 0 Å². The molecule has 1 rings (SSSR count). The Morgan fingerprint density at radius 1 is 1.38 bits per heavy atom. The Hall–Kier alpha value is -0.643. The first-order chi connectivity index (χ1) is 6.90. The Labute approximate surface area is 108 Å². The second-order valence-corrected chi connectivity index (χ2v) is 4.14. The Morgan fingerprint density at radius 3 is 2.31 bits per heavy atom. The Balaban J connectivity index is 0. The first-order valence-electron chi connectivity index (χ1n) is 4.20. The zero-order valence-corrected chi connectivity index (χ0v) is 9.90. The van der Waals surface area contributed by atoms with Crippen molar-refractivity contribution in [1.29, 1.82) is 0 Å². The van der Waals surface area contributed by atoms with E-state index >= 15 is 0 Å². The van der Waals surface area contributed by atoms with Gasteiger partial charge in [0.25, 0.3) is 0 Å². The zero-order valence-electron chi connectivity index (χ0n) is 10.1. The molecule has 0 aliphatic rings. The van der Waals surface area contributed by atoms with E-state index in [0.717, 1.165) is 0 Å². The van der Waals surface area contributed by atoms with Crippen LogP contribution in [0.4, 0.5) is 0 Å². The molecule has 0 radical (unpaired) electrons. The number of carbonyl (C=O) groups excluding carboxylic acids is 1. The third-order valence-electron chi connectivity index (χ3n) is 1.71. The summed E-state index contributed by atoms with van der Waals surface area (Å²) in [6.45, 7) is 1.33. The van der Waals surface area contributed by atoms with Gasteiger partial charge in [-0.05, 0) is 6.92 Å². The average Bonchev–Trinajstić information content (AvgIpc) is 2.15. The molecule has 0 saturated heterocycles. The normalized spacial score (nSPS) is 12.6. The van der Waals surface area contributed by atoms with Crippen LogP contribution in [0.5, 0.6) is 0 Å². The number of ketones is 1. The maximum Gasteiger partial charge on any atom is 1.00 e. The number of hydrogen-bond donors (Lipinski definition) is 1. The van der Waals surface area contributed by atoms with Gasteiger partial charge in [-0.1, -0.05) is 30.3 Å². The summed E-state index contributed by atoms with van der Waals surface area (Å²) in [7, 11) is -4.10. The molecule has 2 N–H and O–H groups in total. The summed E-state index contributed by atoms with van der Waals surface area (Å²) >= 11 is 0. The summed E-state index contributed by atoms with van der Waals surface area (Å²) in [4.78, 5) is 11.6. The van der Waals surface area contributed by atoms with Crippen molar-refractivity contribution in [1.82, 2.24) is 0 Å². The number of hydrogen-bond acceptors (Lipinski definition) is 4. The molecule has 0 fully saturated rings. The minimum Gasteiger partial charge on any atom is -1.00 e. The van der Waals surface area contributed by atoms with Gasteiger partial charge in [0.1, 0.15) is 6.10 Å². The molecule has 1 aromatic rings. The van der Waals surface area contributed by atoms with Gasteiger partial charge in [-0.15, -0.1) is 0 Å². The molecule has 0 spiro atoms. The quantitative estimate of drug-likeness (QED) is 0.467. The predicted octanol–water partition coefficient (Wildman–Crippen LogP) is -2.41. The Morgan fingerprint density at radius 2 is 1.88 bits per heavy atom. The minimum absolute atomic E-state index is 0. The van der Waals surface area contributed by atoms with Gasteiger partial charge in [0.05, 0.1) is 0 Å². The molecule has 0 aromatic heterocycles. The second-order valence-electron chi connectivity index (χ2n) is 2.96. The van der Waals surface area contributed by atoms with Crippen LogP contribution in [0.2, 0.25) is 0 Å². The van der Waals surface area contributed by atoms with Crippen LogP contribution in [-0.2, 0) is 14.5 Å². The molecule has 7 heteroatoms. The largest absolute Gasteiger partial charge is 1.00 e. The fourth-order valence-electron chi connectivity index (χ4n) is 1.08. The van der Waals surface area contributed by atoms with Crippen molar-refractivity contribution in [3.8, 4) is 0 Å². The van der Waals surface area contributed by atoms with Gasteiger partial charge < -0.3 is 1.43 Å². The number of rotatable bonds is 4. The molecule has 16 heavy (non-hydrogen) atoms. The molecule has 0 amide bonds. The predicted molar refractivity (Wildman–Crippen MR) is 55.5 cm³/mol. The number of carbonyl (C=O) groups is 1. The standard InChI is InChI=1S/C9H11NO4S.Li.H/c1-7(14-15(10,12)13)9(11)8-5-3-2-4-6-8;;/h2-7H,1H3,(H2,10,12,13);;/q;+1;-1. The van der Waals surface area contributed by atoms with E-state index in [1.807, 2.05) is 0 Å². The fourth-order valence-corrected chi connectivity index (χ4v) is 1.57. The third kappa shape index (κ3) is 4.92. The van der Waals surface area contributed by atoms with Crippen LogP contribution in [0, 0.1) is 0 Å². The van der Waals surface area contributed by atoms with Gasteiger partial charge >= 0.3 is 29.2 Å². The molecule has 1 unspecified atom stereocenters. The Bertz CT molecular complexity index is 451. The van der Waals surface area contributed by atoms with E-state index in [9.17, 15) is 13.2 Å². The molecule has 0 aliphatic carbocycles. The monoisotopic (exact) mass is 237 g/mol. The van der Waals surface area contributed by atoms with E-state index in [-0.39, 0.29) is 20.3 Å². The van der Waals surface area contributed by atoms with Crippen LogP contribution in [0.1, 0.15) is 18.7 Å². The number of Topliss-reactive ketones (excluding diaryl/α,β-unsaturated/α-hetero) is 1. The van der Waals surface area contributed by atoms with Gasteiger partial charge in [-0.2, -0.15) is 8.42 Å². The first-order valence-corrected chi connectivity index (χ1v) is 5.67. The van der Waals surface area contributed by atoms with E-state index in [1.54, 1.807) is 30.3 Å². The average molecular weight is 237 g/mol. The summed E-state index contributed by atoms with van der Waals surface area (Å²) in [6.07, 6.45) is -1.11. The van der Waals surface area contributed by atoms with Crippen LogP contribution >= 0.6 is 0 Å². The van der Waals surface area contributed by atoms with E-state index in [1.165, 1.54) is 6.92 Å². The van der Waals surface area contributed by atoms with Gasteiger partial charge in [0.15, 0.2) is 5.78 Å². The van der Waals surface area contributed by atoms with Crippen LogP contribution < -0.4 is 24.0 Å². The molecule has 1 aromatic carbocycles. The molecule has 1 atom stereocenters. The van der Waals surface area contributed by atoms with E-state index in [2.05, 4.69) is 9.32 Å². The first kappa shape index (κ1) is 15.4. The van der Waals surface area contributed by atoms with E-state index in [4.69, 9.17) is 0 Å². The third-order valence-corrected chi connectivity index (χ3v) is 2.26.